The summed E-state index contributed by atoms with van der Waals surface area (Å²) in [5.74, 6) is 0. The van der Waals surface area contributed by atoms with E-state index in [0.29, 0.717) is 0 Å². The molecule has 660 valence electrons. The lowest BCUT2D eigenvalue weighted by molar-refractivity contribution is 0.666. The van der Waals surface area contributed by atoms with E-state index in [4.69, 9.17) is 22.1 Å². The standard InChI is InChI=1S/5C20H18O.10C2H6/c1-3-13-8-7-11-18-19(13)17-12-14(4-2)15-9-5-6-10-16(15)20(17)21-18;2*1-3-13-8-7-11-17-18-12-14(4-2)15-9-5-6-10-16(15)20(18)21-19(13)17;1-3-13-9-10-16-18-12-14(4-2)15-7-5-6-8-17(15)20(18)21-19(16)11-13;1-3-13-9-10-19-17(11-13)18-12-14(4-2)15-7-5-6-8-16(15)20(18)21-19;10*1-2/h5*5-12H,3-4H2,1-2H3;10*1-2H3. The van der Waals surface area contributed by atoms with Crippen molar-refractivity contribution in [2.45, 2.75) is 272 Å². The molecule has 0 amide bonds. The van der Waals surface area contributed by atoms with Crippen molar-refractivity contribution < 1.29 is 22.1 Å². The van der Waals surface area contributed by atoms with Gasteiger partial charge in [0.25, 0.3) is 0 Å². The van der Waals surface area contributed by atoms with Crippen molar-refractivity contribution in [3.63, 3.8) is 0 Å². The first-order valence-electron chi connectivity index (χ1n) is 48.4. The maximum Gasteiger partial charge on any atom is 0.143 e. The van der Waals surface area contributed by atoms with Crippen LogP contribution in [0, 0.1) is 0 Å². The lowest BCUT2D eigenvalue weighted by Crippen LogP contribution is -1.85. The summed E-state index contributed by atoms with van der Waals surface area (Å²) in [5.41, 5.74) is 23.8. The molecular formula is C120H150O5. The molecule has 20 aromatic rings. The van der Waals surface area contributed by atoms with E-state index in [-0.39, 0.29) is 0 Å². The van der Waals surface area contributed by atoms with Crippen LogP contribution in [0.3, 0.4) is 0 Å². The Morgan fingerprint density at radius 3 is 0.736 bits per heavy atom. The fourth-order valence-electron chi connectivity index (χ4n) is 16.5. The highest BCUT2D eigenvalue weighted by atomic mass is 16.3. The SMILES string of the molecule is CC.CC.CC.CC.CC.CC.CC.CC.CC.CC.CCc1cc2c(oc3cccc(CC)c32)c2ccccc12.CCc1cc2c3cccc(CC)c3oc2c2ccccc12.CCc1cc2c3cccc(CC)c3oc2c2ccccc12.CCc1ccc2c(c1)oc1c3ccccc3c(CC)cc21.CCc1ccc2oc3c4ccccc4c(CC)cc3c2c1. The van der Waals surface area contributed by atoms with E-state index in [1.54, 1.807) is 0 Å². The van der Waals surface area contributed by atoms with Gasteiger partial charge in [-0.15, -0.1) is 0 Å². The van der Waals surface area contributed by atoms with Crippen LogP contribution in [0.1, 0.15) is 263 Å². The Hall–Kier alpha value is -11.4. The molecule has 0 saturated heterocycles. The van der Waals surface area contributed by atoms with Crippen LogP contribution in [-0.4, -0.2) is 0 Å². The number of hydrogen-bond donors (Lipinski definition) is 0. The zero-order chi connectivity index (χ0) is 92.0. The molecule has 0 aliphatic carbocycles. The summed E-state index contributed by atoms with van der Waals surface area (Å²) in [6.07, 6.45) is 10.3. The molecule has 0 spiro atoms. The normalized spacial score (nSPS) is 10.3. The molecule has 0 aliphatic heterocycles. The van der Waals surface area contributed by atoms with Crippen molar-refractivity contribution in [1.82, 2.24) is 0 Å². The molecule has 0 aliphatic rings. The van der Waals surface area contributed by atoms with E-state index in [1.165, 1.54) is 163 Å². The fourth-order valence-corrected chi connectivity index (χ4v) is 16.5. The van der Waals surface area contributed by atoms with Gasteiger partial charge in [-0.05, 0) is 201 Å². The molecule has 0 saturated carbocycles. The van der Waals surface area contributed by atoms with Crippen LogP contribution in [0.15, 0.2) is 265 Å². The summed E-state index contributed by atoms with van der Waals surface area (Å²) in [4.78, 5) is 0. The van der Waals surface area contributed by atoms with Gasteiger partial charge in [-0.2, -0.15) is 0 Å². The van der Waals surface area contributed by atoms with Gasteiger partial charge in [-0.1, -0.05) is 396 Å². The smallest absolute Gasteiger partial charge is 0.143 e. The number of aryl methyl sites for hydroxylation is 10. The first kappa shape index (κ1) is 102. The molecule has 15 aromatic carbocycles. The third-order valence-electron chi connectivity index (χ3n) is 22.1. The van der Waals surface area contributed by atoms with Gasteiger partial charge in [-0.3, -0.25) is 0 Å². The van der Waals surface area contributed by atoms with E-state index in [0.717, 1.165) is 120 Å². The summed E-state index contributed by atoms with van der Waals surface area (Å²) in [5, 5.41) is 25.1. The first-order valence-corrected chi connectivity index (χ1v) is 48.4. The van der Waals surface area contributed by atoms with Crippen LogP contribution >= 0.6 is 0 Å². The quantitative estimate of drug-likeness (QED) is 0.137. The Morgan fingerprint density at radius 2 is 0.392 bits per heavy atom. The Bertz CT molecular complexity index is 6390. The van der Waals surface area contributed by atoms with Crippen LogP contribution in [0.5, 0.6) is 0 Å². The second-order valence-electron chi connectivity index (χ2n) is 27.9. The molecular weight excluding hydrogens is 1520 g/mol. The summed E-state index contributed by atoms with van der Waals surface area (Å²) < 4.78 is 31.2. The summed E-state index contributed by atoms with van der Waals surface area (Å²) in [7, 11) is 0. The number of benzene rings is 15. The largest absolute Gasteiger partial charge is 0.455 e. The third-order valence-corrected chi connectivity index (χ3v) is 22.1. The first-order chi connectivity index (χ1) is 61.6. The van der Waals surface area contributed by atoms with Crippen molar-refractivity contribution in [2.24, 2.45) is 0 Å². The summed E-state index contributed by atoms with van der Waals surface area (Å²) in [6, 6.07) is 86.8. The van der Waals surface area contributed by atoms with Gasteiger partial charge < -0.3 is 22.1 Å². The number of fused-ring (bicyclic) bond motifs is 25. The molecule has 0 fully saturated rings. The summed E-state index contributed by atoms with van der Waals surface area (Å²) in [6.45, 7) is 62.0. The van der Waals surface area contributed by atoms with E-state index in [2.05, 4.69) is 312 Å². The number of furan rings is 5. The van der Waals surface area contributed by atoms with Crippen molar-refractivity contribution in [1.29, 1.82) is 0 Å². The minimum Gasteiger partial charge on any atom is -0.455 e. The van der Waals surface area contributed by atoms with Crippen molar-refractivity contribution in [2.75, 3.05) is 0 Å². The molecule has 5 heterocycles. The van der Waals surface area contributed by atoms with Gasteiger partial charge in [0.05, 0.1) is 0 Å². The van der Waals surface area contributed by atoms with Gasteiger partial charge in [0.1, 0.15) is 55.8 Å². The topological polar surface area (TPSA) is 65.7 Å². The number of para-hydroxylation sites is 2. The summed E-state index contributed by atoms with van der Waals surface area (Å²) >= 11 is 0. The highest BCUT2D eigenvalue weighted by Gasteiger charge is 2.20. The zero-order valence-corrected chi connectivity index (χ0v) is 82.2. The average molecular weight is 1670 g/mol. The van der Waals surface area contributed by atoms with E-state index < -0.39 is 0 Å². The van der Waals surface area contributed by atoms with E-state index >= 15 is 0 Å². The maximum absolute atomic E-state index is 6.29. The third kappa shape index (κ3) is 21.8. The molecule has 0 atom stereocenters. The predicted molar refractivity (Wildman–Crippen MR) is 563 cm³/mol. The molecule has 5 aromatic heterocycles. The van der Waals surface area contributed by atoms with Crippen LogP contribution in [0.25, 0.3) is 164 Å². The lowest BCUT2D eigenvalue weighted by atomic mass is 9.97. The molecule has 20 rings (SSSR count). The molecule has 0 bridgehead atoms. The van der Waals surface area contributed by atoms with Crippen LogP contribution in [-0.2, 0) is 64.2 Å². The minimum absolute atomic E-state index is 0.987. The molecule has 125 heavy (non-hydrogen) atoms. The highest BCUT2D eigenvalue weighted by Crippen LogP contribution is 2.43. The maximum atomic E-state index is 6.29. The number of hydrogen-bond acceptors (Lipinski definition) is 5. The van der Waals surface area contributed by atoms with Gasteiger partial charge >= 0.3 is 0 Å². The lowest BCUT2D eigenvalue weighted by Gasteiger charge is -2.05. The fraction of sp³-hybridized carbons (Fsp3) is 0.333. The zero-order valence-electron chi connectivity index (χ0n) is 82.2. The van der Waals surface area contributed by atoms with Crippen molar-refractivity contribution >= 4 is 164 Å². The Kier molecular flexibility index (Phi) is 42.9. The van der Waals surface area contributed by atoms with Gasteiger partial charge in [0.2, 0.25) is 0 Å². The predicted octanol–water partition coefficient (Wildman–Crippen LogP) is 39.6. The van der Waals surface area contributed by atoms with Gasteiger partial charge in [0.15, 0.2) is 0 Å². The second-order valence-corrected chi connectivity index (χ2v) is 27.9. The van der Waals surface area contributed by atoms with Crippen LogP contribution in [0.2, 0.25) is 0 Å². The van der Waals surface area contributed by atoms with Crippen LogP contribution in [0.4, 0.5) is 0 Å². The highest BCUT2D eigenvalue weighted by molar-refractivity contribution is 6.21. The van der Waals surface area contributed by atoms with Gasteiger partial charge in [0, 0.05) is 80.8 Å². The van der Waals surface area contributed by atoms with E-state index in [1.807, 2.05) is 138 Å². The molecule has 0 N–H and O–H groups in total. The monoisotopic (exact) mass is 1670 g/mol. The second kappa shape index (κ2) is 52.4. The Morgan fingerprint density at radius 1 is 0.144 bits per heavy atom. The van der Waals surface area contributed by atoms with Crippen molar-refractivity contribution in [3.05, 3.63) is 298 Å². The molecule has 0 unspecified atom stereocenters. The molecule has 0 radical (unpaired) electrons. The minimum atomic E-state index is 0.987. The Balaban J connectivity index is 0.000000229. The molecule has 5 nitrogen and oxygen atoms in total. The van der Waals surface area contributed by atoms with Crippen LogP contribution < -0.4 is 0 Å². The Labute approximate surface area is 751 Å². The van der Waals surface area contributed by atoms with E-state index in [9.17, 15) is 0 Å². The number of rotatable bonds is 10. The average Bonchev–Trinajstić information content (AvgIpc) is 1.67. The molecule has 5 heteroatoms. The van der Waals surface area contributed by atoms with Crippen molar-refractivity contribution in [3.8, 4) is 0 Å². The van der Waals surface area contributed by atoms with Gasteiger partial charge in [-0.25, -0.2) is 0 Å².